The fourth-order valence-electron chi connectivity index (χ4n) is 1.77. The van der Waals surface area contributed by atoms with Crippen LogP contribution >= 0.6 is 11.3 Å². The van der Waals surface area contributed by atoms with Crippen molar-refractivity contribution in [3.8, 4) is 10.4 Å². The third-order valence-electron chi connectivity index (χ3n) is 2.69. The quantitative estimate of drug-likeness (QED) is 0.636. The SMILES string of the molecule is CCCCCc1ccc(-c2cc[c]cc2)s1. The molecule has 0 fully saturated rings. The lowest BCUT2D eigenvalue weighted by atomic mass is 10.2. The molecule has 0 bridgehead atoms. The van der Waals surface area contributed by atoms with Gasteiger partial charge in [-0.15, -0.1) is 11.3 Å². The number of thiophene rings is 1. The van der Waals surface area contributed by atoms with E-state index >= 15 is 0 Å². The maximum atomic E-state index is 3.06. The lowest BCUT2D eigenvalue weighted by Crippen LogP contribution is -1.78. The second-order valence-corrected chi connectivity index (χ2v) is 5.18. The zero-order chi connectivity index (χ0) is 11.2. The first-order chi connectivity index (χ1) is 7.90. The summed E-state index contributed by atoms with van der Waals surface area (Å²) in [6.07, 6.45) is 5.19. The number of aryl methyl sites for hydroxylation is 1. The standard InChI is InChI=1S/C15H17S/c1-2-3-5-10-14-11-12-15(16-14)13-8-6-4-7-9-13/h6-9,11-12H,2-3,5,10H2,1H3. The molecule has 0 spiro atoms. The molecule has 0 unspecified atom stereocenters. The van der Waals surface area contributed by atoms with Crippen LogP contribution in [0.15, 0.2) is 36.4 Å². The molecule has 0 amide bonds. The second-order valence-electron chi connectivity index (χ2n) is 4.01. The lowest BCUT2D eigenvalue weighted by molar-refractivity contribution is 0.722. The normalized spacial score (nSPS) is 10.6. The molecule has 0 aliphatic rings. The van der Waals surface area contributed by atoms with Crippen LogP contribution in [0.4, 0.5) is 0 Å². The average Bonchev–Trinajstić information content (AvgIpc) is 2.79. The number of hydrogen-bond donors (Lipinski definition) is 0. The Morgan fingerprint density at radius 3 is 2.62 bits per heavy atom. The number of hydrogen-bond acceptors (Lipinski definition) is 1. The summed E-state index contributed by atoms with van der Waals surface area (Å²) in [6, 6.07) is 15.8. The highest BCUT2D eigenvalue weighted by molar-refractivity contribution is 7.15. The molecule has 83 valence electrons. The summed E-state index contributed by atoms with van der Waals surface area (Å²) in [5.74, 6) is 0. The van der Waals surface area contributed by atoms with E-state index in [9.17, 15) is 0 Å². The van der Waals surface area contributed by atoms with Crippen molar-refractivity contribution in [2.24, 2.45) is 0 Å². The number of benzene rings is 1. The molecule has 0 aliphatic heterocycles. The summed E-state index contributed by atoms with van der Waals surface area (Å²) in [5, 5.41) is 0. The first-order valence-electron chi connectivity index (χ1n) is 5.95. The van der Waals surface area contributed by atoms with E-state index in [2.05, 4.69) is 37.3 Å². The van der Waals surface area contributed by atoms with Crippen LogP contribution < -0.4 is 0 Å². The first-order valence-corrected chi connectivity index (χ1v) is 6.77. The molecule has 16 heavy (non-hydrogen) atoms. The topological polar surface area (TPSA) is 0 Å². The molecule has 2 rings (SSSR count). The highest BCUT2D eigenvalue weighted by Gasteiger charge is 2.01. The Morgan fingerprint density at radius 2 is 1.88 bits per heavy atom. The van der Waals surface area contributed by atoms with Gasteiger partial charge in [-0.25, -0.2) is 0 Å². The van der Waals surface area contributed by atoms with E-state index in [4.69, 9.17) is 0 Å². The van der Waals surface area contributed by atoms with Gasteiger partial charge >= 0.3 is 0 Å². The third-order valence-corrected chi connectivity index (χ3v) is 3.89. The second kappa shape index (κ2) is 5.86. The Kier molecular flexibility index (Phi) is 4.17. The van der Waals surface area contributed by atoms with Crippen molar-refractivity contribution in [1.29, 1.82) is 0 Å². The average molecular weight is 229 g/mol. The van der Waals surface area contributed by atoms with E-state index in [0.29, 0.717) is 0 Å². The summed E-state index contributed by atoms with van der Waals surface area (Å²) in [5.41, 5.74) is 1.31. The van der Waals surface area contributed by atoms with Crippen LogP contribution in [-0.4, -0.2) is 0 Å². The van der Waals surface area contributed by atoms with Gasteiger partial charge in [0.05, 0.1) is 0 Å². The Hall–Kier alpha value is -1.08. The summed E-state index contributed by atoms with van der Waals surface area (Å²) in [4.78, 5) is 2.89. The van der Waals surface area contributed by atoms with Crippen LogP contribution in [0.2, 0.25) is 0 Å². The van der Waals surface area contributed by atoms with E-state index in [1.807, 2.05) is 23.5 Å². The summed E-state index contributed by atoms with van der Waals surface area (Å²) in [6.45, 7) is 2.25. The van der Waals surface area contributed by atoms with Crippen molar-refractivity contribution in [3.63, 3.8) is 0 Å². The van der Waals surface area contributed by atoms with Gasteiger partial charge in [-0.2, -0.15) is 0 Å². The molecule has 1 heterocycles. The van der Waals surface area contributed by atoms with Crippen molar-refractivity contribution in [2.45, 2.75) is 32.6 Å². The molecule has 1 aromatic carbocycles. The predicted octanol–water partition coefficient (Wildman–Crippen LogP) is 4.95. The maximum absolute atomic E-state index is 3.06. The minimum atomic E-state index is 1.23. The monoisotopic (exact) mass is 229 g/mol. The summed E-state index contributed by atoms with van der Waals surface area (Å²) < 4.78 is 0. The molecule has 0 saturated carbocycles. The maximum Gasteiger partial charge on any atom is 0.0345 e. The van der Waals surface area contributed by atoms with Gasteiger partial charge < -0.3 is 0 Å². The molecule has 1 aromatic heterocycles. The molecule has 0 N–H and O–H groups in total. The van der Waals surface area contributed by atoms with Crippen molar-refractivity contribution < 1.29 is 0 Å². The smallest absolute Gasteiger partial charge is 0.0345 e. The molecule has 2 aromatic rings. The minimum absolute atomic E-state index is 1.23. The van der Waals surface area contributed by atoms with E-state index in [0.717, 1.165) is 0 Å². The van der Waals surface area contributed by atoms with Gasteiger partial charge in [-0.3, -0.25) is 0 Å². The van der Waals surface area contributed by atoms with E-state index in [1.54, 1.807) is 0 Å². The molecule has 0 aliphatic carbocycles. The Morgan fingerprint density at radius 1 is 1.06 bits per heavy atom. The number of unbranched alkanes of at least 4 members (excludes halogenated alkanes) is 2. The molecule has 1 radical (unpaired) electrons. The van der Waals surface area contributed by atoms with Gasteiger partial charge in [-0.1, -0.05) is 44.0 Å². The predicted molar refractivity (Wildman–Crippen MR) is 71.8 cm³/mol. The molecule has 0 nitrogen and oxygen atoms in total. The summed E-state index contributed by atoms with van der Waals surface area (Å²) in [7, 11) is 0. The van der Waals surface area contributed by atoms with Gasteiger partial charge in [-0.05, 0) is 36.6 Å². The lowest BCUT2D eigenvalue weighted by Gasteiger charge is -1.96. The van der Waals surface area contributed by atoms with Crippen LogP contribution in [0, 0.1) is 6.07 Å². The van der Waals surface area contributed by atoms with Gasteiger partial charge in [0.15, 0.2) is 0 Å². The van der Waals surface area contributed by atoms with Crippen LogP contribution in [0.5, 0.6) is 0 Å². The van der Waals surface area contributed by atoms with Crippen LogP contribution in [-0.2, 0) is 6.42 Å². The van der Waals surface area contributed by atoms with Crippen LogP contribution in [0.3, 0.4) is 0 Å². The van der Waals surface area contributed by atoms with Crippen molar-refractivity contribution in [1.82, 2.24) is 0 Å². The third kappa shape index (κ3) is 2.96. The van der Waals surface area contributed by atoms with Gasteiger partial charge in [0.2, 0.25) is 0 Å². The van der Waals surface area contributed by atoms with Gasteiger partial charge in [0.25, 0.3) is 0 Å². The zero-order valence-electron chi connectivity index (χ0n) is 9.70. The molecule has 0 saturated heterocycles. The largest absolute Gasteiger partial charge is 0.140 e. The Bertz CT molecular complexity index is 414. The van der Waals surface area contributed by atoms with Gasteiger partial charge in [0.1, 0.15) is 0 Å². The molecular weight excluding hydrogens is 212 g/mol. The summed E-state index contributed by atoms with van der Waals surface area (Å²) >= 11 is 1.92. The number of rotatable bonds is 5. The molecule has 1 heteroatoms. The highest BCUT2D eigenvalue weighted by Crippen LogP contribution is 2.28. The van der Waals surface area contributed by atoms with Gasteiger partial charge in [0, 0.05) is 9.75 Å². The highest BCUT2D eigenvalue weighted by atomic mass is 32.1. The zero-order valence-corrected chi connectivity index (χ0v) is 10.5. The fourth-order valence-corrected chi connectivity index (χ4v) is 2.82. The van der Waals surface area contributed by atoms with Crippen molar-refractivity contribution >= 4 is 11.3 Å². The first kappa shape index (κ1) is 11.4. The Balaban J connectivity index is 2.02. The van der Waals surface area contributed by atoms with Crippen molar-refractivity contribution in [2.75, 3.05) is 0 Å². The molecule has 0 atom stereocenters. The van der Waals surface area contributed by atoms with E-state index < -0.39 is 0 Å². The van der Waals surface area contributed by atoms with Crippen LogP contribution in [0.1, 0.15) is 31.1 Å². The van der Waals surface area contributed by atoms with Crippen molar-refractivity contribution in [3.05, 3.63) is 47.3 Å². The van der Waals surface area contributed by atoms with E-state index in [-0.39, 0.29) is 0 Å². The minimum Gasteiger partial charge on any atom is -0.140 e. The Labute approximate surface area is 102 Å². The van der Waals surface area contributed by atoms with E-state index in [1.165, 1.54) is 41.0 Å². The molecular formula is C15H17S. The van der Waals surface area contributed by atoms with Crippen LogP contribution in [0.25, 0.3) is 10.4 Å². The fraction of sp³-hybridized carbons (Fsp3) is 0.333.